The molecule has 0 aromatic carbocycles. The van der Waals surface area contributed by atoms with Gasteiger partial charge in [-0.25, -0.2) is 9.97 Å². The molecule has 0 saturated carbocycles. The maximum Gasteiger partial charge on any atom is 0.291 e. The van der Waals surface area contributed by atoms with Crippen LogP contribution in [0.5, 0.6) is 0 Å². The van der Waals surface area contributed by atoms with E-state index in [9.17, 15) is 9.59 Å². The number of amides is 1. The highest BCUT2D eigenvalue weighted by Gasteiger charge is 2.30. The number of carbonyl (C=O) groups is 2. The van der Waals surface area contributed by atoms with Crippen LogP contribution in [0.15, 0.2) is 6.20 Å². The van der Waals surface area contributed by atoms with E-state index < -0.39 is 11.7 Å². The van der Waals surface area contributed by atoms with Crippen molar-refractivity contribution in [2.45, 2.75) is 12.8 Å². The molecule has 0 radical (unpaired) electrons. The zero-order valence-electron chi connectivity index (χ0n) is 10.6. The Labute approximate surface area is 127 Å². The van der Waals surface area contributed by atoms with Crippen molar-refractivity contribution in [2.75, 3.05) is 0 Å². The highest BCUT2D eigenvalue weighted by Crippen LogP contribution is 2.33. The molecule has 3 rings (SSSR count). The summed E-state index contributed by atoms with van der Waals surface area (Å²) in [5.74, 6) is -1.75. The fourth-order valence-corrected chi connectivity index (χ4v) is 2.81. The molecule has 0 saturated heterocycles. The molecule has 1 aliphatic carbocycles. The minimum atomic E-state index is -0.992. The first-order chi connectivity index (χ1) is 9.49. The lowest BCUT2D eigenvalue weighted by Crippen LogP contribution is -2.25. The van der Waals surface area contributed by atoms with Crippen molar-refractivity contribution in [1.29, 1.82) is 0 Å². The highest BCUT2D eigenvalue weighted by atomic mass is 127. The van der Waals surface area contributed by atoms with E-state index in [-0.39, 0.29) is 5.69 Å². The predicted octanol–water partition coefficient (Wildman–Crippen LogP) is 0.248. The Kier molecular flexibility index (Phi) is 3.04. The molecule has 20 heavy (non-hydrogen) atoms. The first-order valence-corrected chi connectivity index (χ1v) is 6.98. The molecule has 0 atom stereocenters. The van der Waals surface area contributed by atoms with Gasteiger partial charge in [-0.1, -0.05) is 0 Å². The van der Waals surface area contributed by atoms with Gasteiger partial charge in [-0.05, 0) is 18.4 Å². The van der Waals surface area contributed by atoms with Crippen LogP contribution in [0.1, 0.15) is 21.6 Å². The number of hydrogen-bond acceptors (Lipinski definition) is 5. The molecule has 7 nitrogen and oxygen atoms in total. The van der Waals surface area contributed by atoms with Crippen LogP contribution in [-0.4, -0.2) is 31.4 Å². The highest BCUT2D eigenvalue weighted by molar-refractivity contribution is 14.1. The Bertz CT molecular complexity index is 753. The molecule has 1 amide bonds. The summed E-state index contributed by atoms with van der Waals surface area (Å²) < 4.78 is 2.20. The number of ketones is 1. The Morgan fingerprint density at radius 3 is 2.85 bits per heavy atom. The van der Waals surface area contributed by atoms with E-state index in [1.807, 2.05) is 22.6 Å². The number of rotatable bonds is 2. The number of nitrogens with zero attached hydrogens (tertiary/aromatic N) is 4. The summed E-state index contributed by atoms with van der Waals surface area (Å²) in [6, 6.07) is 0. The Hall–Kier alpha value is -1.84. The Balaban J connectivity index is 2.24. The predicted molar refractivity (Wildman–Crippen MR) is 77.9 cm³/mol. The molecule has 0 bridgehead atoms. The summed E-state index contributed by atoms with van der Waals surface area (Å²) in [6.07, 6.45) is 3.12. The molecule has 0 unspecified atom stereocenters. The standard InChI is InChI=1S/C12H10IN5O2/c1-18-9-6(8(17-18)10(19)11(14)20)3-2-5-4-15-12(13)16-7(5)9/h4H,2-3H2,1H3,(H2,14,20). The van der Waals surface area contributed by atoms with Gasteiger partial charge in [0.2, 0.25) is 0 Å². The zero-order chi connectivity index (χ0) is 14.4. The lowest BCUT2D eigenvalue weighted by atomic mass is 9.92. The summed E-state index contributed by atoms with van der Waals surface area (Å²) in [5, 5.41) is 4.15. The third-order valence-corrected chi connectivity index (χ3v) is 3.81. The van der Waals surface area contributed by atoms with Crippen molar-refractivity contribution in [1.82, 2.24) is 19.7 Å². The smallest absolute Gasteiger partial charge is 0.291 e. The summed E-state index contributed by atoms with van der Waals surface area (Å²) >= 11 is 2.03. The quantitative estimate of drug-likeness (QED) is 0.347. The second kappa shape index (κ2) is 4.62. The van der Waals surface area contributed by atoms with Crippen LogP contribution >= 0.6 is 22.6 Å². The average Bonchev–Trinajstić information content (AvgIpc) is 2.75. The van der Waals surface area contributed by atoms with Crippen molar-refractivity contribution < 1.29 is 9.59 Å². The minimum absolute atomic E-state index is 0.134. The van der Waals surface area contributed by atoms with Crippen LogP contribution in [0.3, 0.4) is 0 Å². The van der Waals surface area contributed by atoms with Gasteiger partial charge < -0.3 is 5.73 Å². The van der Waals surface area contributed by atoms with Gasteiger partial charge in [-0.3, -0.25) is 14.3 Å². The topological polar surface area (TPSA) is 104 Å². The number of halogens is 1. The maximum absolute atomic E-state index is 11.8. The second-order valence-electron chi connectivity index (χ2n) is 4.51. The number of aromatic nitrogens is 4. The van der Waals surface area contributed by atoms with Gasteiger partial charge >= 0.3 is 0 Å². The van der Waals surface area contributed by atoms with Crippen LogP contribution in [0.25, 0.3) is 11.4 Å². The van der Waals surface area contributed by atoms with Crippen LogP contribution in [0.4, 0.5) is 0 Å². The van der Waals surface area contributed by atoms with Crippen LogP contribution < -0.4 is 5.73 Å². The maximum atomic E-state index is 11.8. The summed E-state index contributed by atoms with van der Waals surface area (Å²) in [4.78, 5) is 31.5. The monoisotopic (exact) mass is 383 g/mol. The molecule has 2 heterocycles. The molecule has 0 fully saturated rings. The summed E-state index contributed by atoms with van der Waals surface area (Å²) in [6.45, 7) is 0. The largest absolute Gasteiger partial charge is 0.363 e. The Morgan fingerprint density at radius 2 is 2.15 bits per heavy atom. The molecular formula is C12H10IN5O2. The van der Waals surface area contributed by atoms with Gasteiger partial charge in [-0.15, -0.1) is 0 Å². The number of aryl methyl sites for hydroxylation is 2. The number of nitrogens with two attached hydrogens (primary N) is 1. The molecule has 0 aliphatic heterocycles. The van der Waals surface area contributed by atoms with Gasteiger partial charge in [0.05, 0.1) is 11.4 Å². The van der Waals surface area contributed by atoms with E-state index in [0.29, 0.717) is 16.7 Å². The molecule has 1 aliphatic rings. The minimum Gasteiger partial charge on any atom is -0.363 e. The molecule has 0 spiro atoms. The van der Waals surface area contributed by atoms with E-state index in [1.54, 1.807) is 17.9 Å². The van der Waals surface area contributed by atoms with Crippen molar-refractivity contribution in [3.8, 4) is 11.4 Å². The van der Waals surface area contributed by atoms with Crippen molar-refractivity contribution in [3.63, 3.8) is 0 Å². The van der Waals surface area contributed by atoms with Crippen molar-refractivity contribution in [2.24, 2.45) is 12.8 Å². The molecular weight excluding hydrogens is 373 g/mol. The fourth-order valence-electron chi connectivity index (χ4n) is 2.43. The van der Waals surface area contributed by atoms with Crippen LogP contribution in [-0.2, 0) is 24.7 Å². The van der Waals surface area contributed by atoms with E-state index in [2.05, 4.69) is 15.1 Å². The average molecular weight is 383 g/mol. The van der Waals surface area contributed by atoms with E-state index >= 15 is 0 Å². The number of Topliss-reactive ketones (excluding diaryl/α,β-unsaturated/α-hetero) is 1. The normalized spacial score (nSPS) is 12.7. The van der Waals surface area contributed by atoms with Crippen LogP contribution in [0.2, 0.25) is 0 Å². The lowest BCUT2D eigenvalue weighted by Gasteiger charge is -2.16. The number of hydrogen-bond donors (Lipinski definition) is 1. The molecule has 2 aromatic rings. The fraction of sp³-hybridized carbons (Fsp3) is 0.250. The number of primary amides is 1. The first kappa shape index (κ1) is 13.2. The SMILES string of the molecule is Cn1nc(C(=O)C(N)=O)c2c1-c1nc(I)ncc1CC2. The van der Waals surface area contributed by atoms with Crippen molar-refractivity contribution in [3.05, 3.63) is 26.8 Å². The second-order valence-corrected chi connectivity index (χ2v) is 5.47. The van der Waals surface area contributed by atoms with Gasteiger partial charge in [0.25, 0.3) is 11.7 Å². The van der Waals surface area contributed by atoms with Gasteiger partial charge in [-0.2, -0.15) is 5.10 Å². The third-order valence-electron chi connectivity index (χ3n) is 3.29. The molecule has 2 aromatic heterocycles. The summed E-state index contributed by atoms with van der Waals surface area (Å²) in [7, 11) is 1.72. The first-order valence-electron chi connectivity index (χ1n) is 5.91. The molecule has 8 heteroatoms. The third kappa shape index (κ3) is 1.90. The number of fused-ring (bicyclic) bond motifs is 3. The molecule has 2 N–H and O–H groups in total. The van der Waals surface area contributed by atoms with Gasteiger partial charge in [0.15, 0.2) is 3.83 Å². The molecule has 102 valence electrons. The zero-order valence-corrected chi connectivity index (χ0v) is 12.7. The number of carbonyl (C=O) groups excluding carboxylic acids is 2. The van der Waals surface area contributed by atoms with Crippen molar-refractivity contribution >= 4 is 34.3 Å². The van der Waals surface area contributed by atoms with Crippen LogP contribution in [0, 0.1) is 3.83 Å². The lowest BCUT2D eigenvalue weighted by molar-refractivity contribution is -0.114. The summed E-state index contributed by atoms with van der Waals surface area (Å²) in [5.41, 5.74) is 8.47. The van der Waals surface area contributed by atoms with Gasteiger partial charge in [0.1, 0.15) is 5.69 Å². The van der Waals surface area contributed by atoms with E-state index in [1.165, 1.54) is 0 Å². The Morgan fingerprint density at radius 1 is 1.40 bits per heavy atom. The van der Waals surface area contributed by atoms with Gasteiger partial charge in [0, 0.05) is 41.4 Å². The van der Waals surface area contributed by atoms with E-state index in [0.717, 1.165) is 22.5 Å². The van der Waals surface area contributed by atoms with E-state index in [4.69, 9.17) is 5.73 Å².